The Bertz CT molecular complexity index is 3160. The van der Waals surface area contributed by atoms with Gasteiger partial charge in [0.2, 0.25) is 0 Å². The van der Waals surface area contributed by atoms with Crippen LogP contribution in [-0.4, -0.2) is 195 Å². The molecule has 24 nitrogen and oxygen atoms in total. The first-order chi connectivity index (χ1) is 57.9. The van der Waals surface area contributed by atoms with Crippen LogP contribution in [0.5, 0.6) is 28.7 Å². The molecule has 0 spiro atoms. The molecule has 0 radical (unpaired) electrons. The number of carbonyl (C=O) groups is 1. The molecule has 0 N–H and O–H groups in total. The Morgan fingerprint density at radius 3 is 0.858 bits per heavy atom. The number of methoxy groups -OCH3 is 2. The fourth-order valence-corrected chi connectivity index (χ4v) is 26.1. The molecule has 1 heterocycles. The second kappa shape index (κ2) is 66.6. The molecule has 0 saturated carbocycles. The van der Waals surface area contributed by atoms with Gasteiger partial charge in [0.15, 0.2) is 19.4 Å². The molecule has 0 aromatic heterocycles. The molecule has 6 rings (SSSR count). The summed E-state index contributed by atoms with van der Waals surface area (Å²) in [5, 5.41) is 0. The van der Waals surface area contributed by atoms with Crippen molar-refractivity contribution in [2.75, 3.05) is 127 Å². The van der Waals surface area contributed by atoms with Gasteiger partial charge in [-0.05, 0) is 297 Å². The quantitative estimate of drug-likeness (QED) is 0.0152. The Morgan fingerprint density at radius 1 is 0.367 bits per heavy atom. The molecule has 1 saturated heterocycles. The molecule has 0 aliphatic carbocycles. The highest BCUT2D eigenvalue weighted by Crippen LogP contribution is 2.29. The molecule has 2 atom stereocenters. The molecule has 120 heavy (non-hydrogen) atoms. The fourth-order valence-electron chi connectivity index (χ4n) is 13.1. The molecule has 1 aliphatic rings. The Balaban J connectivity index is 0.000000509. The highest BCUT2D eigenvalue weighted by atomic mass is 28.4. The molecule has 1 fully saturated rings. The van der Waals surface area contributed by atoms with E-state index in [2.05, 4.69) is 69.3 Å². The van der Waals surface area contributed by atoms with Crippen molar-refractivity contribution in [2.45, 2.75) is 270 Å². The predicted molar refractivity (Wildman–Crippen MR) is 487 cm³/mol. The lowest BCUT2D eigenvalue weighted by atomic mass is 10.1. The maximum Gasteiger partial charge on any atom is 0.500 e. The maximum absolute atomic E-state index is 10.9. The molecule has 686 valence electrons. The van der Waals surface area contributed by atoms with Crippen molar-refractivity contribution in [3.05, 3.63) is 149 Å². The zero-order valence-electron chi connectivity index (χ0n) is 77.7. The van der Waals surface area contributed by atoms with Crippen LogP contribution in [0.4, 0.5) is 0 Å². The van der Waals surface area contributed by atoms with Gasteiger partial charge in [0, 0.05) is 157 Å². The summed E-state index contributed by atoms with van der Waals surface area (Å²) < 4.78 is 132. The first kappa shape index (κ1) is 111. The van der Waals surface area contributed by atoms with Crippen LogP contribution in [0.2, 0.25) is 30.2 Å². The van der Waals surface area contributed by atoms with Gasteiger partial charge in [0.25, 0.3) is 0 Å². The van der Waals surface area contributed by atoms with E-state index in [0.717, 1.165) is 137 Å². The third-order valence-electron chi connectivity index (χ3n) is 17.9. The van der Waals surface area contributed by atoms with Gasteiger partial charge in [-0.2, -0.15) is 0 Å². The normalized spacial score (nSPS) is 13.4. The van der Waals surface area contributed by atoms with E-state index in [1.54, 1.807) is 14.2 Å². The van der Waals surface area contributed by atoms with Crippen LogP contribution in [0.3, 0.4) is 0 Å². The summed E-state index contributed by atoms with van der Waals surface area (Å²) in [4.78, 5) is 10.9. The molecule has 1 aliphatic heterocycles. The summed E-state index contributed by atoms with van der Waals surface area (Å²) in [5.41, 5.74) is 6.13. The molecule has 5 aromatic rings. The predicted octanol–water partition coefficient (Wildman–Crippen LogP) is 20.7. The van der Waals surface area contributed by atoms with Crippen LogP contribution in [0, 0.1) is 0 Å². The topological polar surface area (TPSA) is 229 Å². The summed E-state index contributed by atoms with van der Waals surface area (Å²) in [6.07, 6.45) is 12.6. The van der Waals surface area contributed by atoms with Crippen LogP contribution in [-0.2, 0) is 117 Å². The van der Waals surface area contributed by atoms with Crippen molar-refractivity contribution in [3.8, 4) is 28.7 Å². The van der Waals surface area contributed by atoms with E-state index in [4.69, 9.17) is 104 Å². The SMILES string of the molecule is CCO[Si](CCCc1ccc(OC(C)(C)C)cc1)(OCC)OCC.CCO[Si](CCCc1ccc(OC(C)=O)cc1)(OCC)OCC.CCO[Si](CCCc1ccc(OC(C)OC)cc1)(OCC)OCC.CCO[Si](CCCc1ccc(OC2CCCCO2)cc1)(OCC)OCC.CCO[Si](CCCc1ccc(OCOC)cc1)(OCC)OCC. The number of benzene rings is 5. The molecule has 29 heteroatoms. The summed E-state index contributed by atoms with van der Waals surface area (Å²) in [6.45, 7) is 49.6. The highest BCUT2D eigenvalue weighted by molar-refractivity contribution is 6.62. The smallest absolute Gasteiger partial charge is 0.488 e. The number of carbonyl (C=O) groups excluding carboxylic acids is 1. The minimum atomic E-state index is -2.55. The summed E-state index contributed by atoms with van der Waals surface area (Å²) in [7, 11) is -9.41. The number of esters is 1. The number of rotatable bonds is 60. The van der Waals surface area contributed by atoms with Gasteiger partial charge in [-0.1, -0.05) is 60.7 Å². The average molecular weight is 1780 g/mol. The van der Waals surface area contributed by atoms with Crippen molar-refractivity contribution in [1.29, 1.82) is 0 Å². The van der Waals surface area contributed by atoms with E-state index in [9.17, 15) is 4.79 Å². The van der Waals surface area contributed by atoms with E-state index in [1.807, 2.05) is 184 Å². The fraction of sp³-hybridized carbons (Fsp3) is 0.659. The number of ether oxygens (including phenoxy) is 8. The van der Waals surface area contributed by atoms with Gasteiger partial charge in [-0.3, -0.25) is 4.79 Å². The molecular formula is C91H158O24Si5. The second-order valence-corrected chi connectivity index (χ2v) is 42.3. The standard InChI is InChI=1S/C20H34O5Si.C19H34O4Si.C18H32O5Si.C17H30O5Si.C17H28O5Si/c1-4-22-26(23-5-2,24-6-3)17-9-10-18-12-14-19(15-13-18)25-20-11-7-8-16-21-20;1-7-20-24(21-8-2,22-9-3)16-10-11-17-12-14-18(15-13-17)23-19(4,5)6;1-6-20-24(21-7-2,22-8-3)15-9-10-17-11-13-18(14-12-17)23-16(4)19-5;1-5-20-23(21-6-2,22-7-3)14-8-9-16-10-12-17(13-11-16)19-15-18-4;1-5-19-23(20-6-2,21-7-3)14-8-9-16-10-12-17(13-11-16)22-15(4)18/h12-15,20H,4-11,16-17H2,1-3H3;12-15H,7-11,16H2,1-6H3;11-14,16H,6-10,15H2,1-5H3;10-13H,5-9,14-15H2,1-4H3;10-13H,5-9,14H2,1-4H3. The Hall–Kier alpha value is -4.87. The van der Waals surface area contributed by atoms with Gasteiger partial charge < -0.3 is 104 Å². The number of aryl methyl sites for hydroxylation is 5. The Kier molecular flexibility index (Phi) is 61.7. The summed E-state index contributed by atoms with van der Waals surface area (Å²) in [5.74, 6) is 3.68. The van der Waals surface area contributed by atoms with E-state index < -0.39 is 44.0 Å². The Morgan fingerprint density at radius 2 is 0.625 bits per heavy atom. The van der Waals surface area contributed by atoms with Gasteiger partial charge in [-0.25, -0.2) is 0 Å². The monoisotopic (exact) mass is 1770 g/mol. The van der Waals surface area contributed by atoms with Gasteiger partial charge >= 0.3 is 50.0 Å². The summed E-state index contributed by atoms with van der Waals surface area (Å²) >= 11 is 0. The zero-order valence-corrected chi connectivity index (χ0v) is 82.7. The van der Waals surface area contributed by atoms with E-state index in [1.165, 1.54) is 41.2 Å². The molecule has 0 bridgehead atoms. The largest absolute Gasteiger partial charge is 0.500 e. The lowest BCUT2D eigenvalue weighted by Crippen LogP contribution is -2.46. The second-order valence-electron chi connectivity index (χ2n) is 28.6. The highest BCUT2D eigenvalue weighted by Gasteiger charge is 2.43. The van der Waals surface area contributed by atoms with Gasteiger partial charge in [0.05, 0.1) is 6.61 Å². The van der Waals surface area contributed by atoms with Crippen molar-refractivity contribution >= 4 is 50.0 Å². The van der Waals surface area contributed by atoms with Crippen LogP contribution < -0.4 is 23.7 Å². The first-order valence-electron chi connectivity index (χ1n) is 44.4. The van der Waals surface area contributed by atoms with Crippen LogP contribution in [0.1, 0.15) is 218 Å². The van der Waals surface area contributed by atoms with E-state index in [-0.39, 0.29) is 30.9 Å². The maximum atomic E-state index is 10.9. The van der Waals surface area contributed by atoms with Gasteiger partial charge in [0.1, 0.15) is 34.3 Å². The summed E-state index contributed by atoms with van der Waals surface area (Å²) in [6, 6.07) is 44.6. The minimum absolute atomic E-state index is 0.0928. The minimum Gasteiger partial charge on any atom is -0.488 e. The Labute approximate surface area is 729 Å². The van der Waals surface area contributed by atoms with Crippen molar-refractivity contribution < 1.29 is 109 Å². The molecule has 0 amide bonds. The average Bonchev–Trinajstić information content (AvgIpc) is 0.888. The van der Waals surface area contributed by atoms with Crippen LogP contribution >= 0.6 is 0 Å². The van der Waals surface area contributed by atoms with Crippen molar-refractivity contribution in [3.63, 3.8) is 0 Å². The molecule has 5 aromatic carbocycles. The first-order valence-corrected chi connectivity index (χ1v) is 54.0. The molecular weight excluding hydrogens is 1620 g/mol. The third-order valence-corrected chi connectivity index (χ3v) is 33.6. The van der Waals surface area contributed by atoms with E-state index >= 15 is 0 Å². The lowest BCUT2D eigenvalue weighted by Gasteiger charge is -2.28. The number of hydrogen-bond donors (Lipinski definition) is 0. The lowest BCUT2D eigenvalue weighted by molar-refractivity contribution is -0.131. The third kappa shape index (κ3) is 48.6. The van der Waals surface area contributed by atoms with Crippen molar-refractivity contribution in [1.82, 2.24) is 0 Å². The van der Waals surface area contributed by atoms with Gasteiger partial charge in [-0.15, -0.1) is 0 Å². The van der Waals surface area contributed by atoms with E-state index in [0.29, 0.717) is 105 Å². The zero-order chi connectivity index (χ0) is 88.7. The van der Waals surface area contributed by atoms with Crippen molar-refractivity contribution in [2.24, 2.45) is 0 Å². The number of hydrogen-bond acceptors (Lipinski definition) is 24. The van der Waals surface area contributed by atoms with Crippen LogP contribution in [0.15, 0.2) is 121 Å². The molecule has 2 unspecified atom stereocenters. The van der Waals surface area contributed by atoms with Crippen LogP contribution in [0.25, 0.3) is 0 Å².